The highest BCUT2D eigenvalue weighted by Crippen LogP contribution is 2.28. The third-order valence-electron chi connectivity index (χ3n) is 2.16. The zero-order valence-electron chi connectivity index (χ0n) is 6.23. The van der Waals surface area contributed by atoms with Crippen molar-refractivity contribution in [2.75, 3.05) is 6.54 Å². The molecular formula is C8H11ClN2. The van der Waals surface area contributed by atoms with E-state index in [4.69, 9.17) is 11.6 Å². The smallest absolute Gasteiger partial charge is 0.0628 e. The van der Waals surface area contributed by atoms with Gasteiger partial charge in [0.25, 0.3) is 0 Å². The Hall–Kier alpha value is -0.470. The van der Waals surface area contributed by atoms with E-state index < -0.39 is 0 Å². The van der Waals surface area contributed by atoms with E-state index in [1.165, 1.54) is 18.4 Å². The maximum atomic E-state index is 5.95. The van der Waals surface area contributed by atoms with Gasteiger partial charge in [0.1, 0.15) is 0 Å². The molecule has 0 radical (unpaired) electrons. The summed E-state index contributed by atoms with van der Waals surface area (Å²) < 4.78 is 0. The second-order valence-corrected chi connectivity index (χ2v) is 3.31. The number of rotatable bonds is 1. The maximum Gasteiger partial charge on any atom is 0.0628 e. The third-order valence-corrected chi connectivity index (χ3v) is 2.49. The summed E-state index contributed by atoms with van der Waals surface area (Å²) in [5, 5.41) is 4.25. The van der Waals surface area contributed by atoms with Crippen molar-refractivity contribution in [3.8, 4) is 0 Å². The summed E-state index contributed by atoms with van der Waals surface area (Å²) in [6.45, 7) is 1.12. The van der Waals surface area contributed by atoms with Gasteiger partial charge in [0.15, 0.2) is 0 Å². The molecule has 60 valence electrons. The van der Waals surface area contributed by atoms with Crippen molar-refractivity contribution in [1.82, 2.24) is 10.3 Å². The maximum absolute atomic E-state index is 5.95. The molecule has 1 aromatic heterocycles. The van der Waals surface area contributed by atoms with Gasteiger partial charge in [-0.05, 0) is 19.4 Å². The van der Waals surface area contributed by atoms with Crippen LogP contribution < -0.4 is 5.32 Å². The first-order valence-electron chi connectivity index (χ1n) is 3.93. The van der Waals surface area contributed by atoms with E-state index in [-0.39, 0.29) is 0 Å². The van der Waals surface area contributed by atoms with Gasteiger partial charge in [-0.1, -0.05) is 11.6 Å². The van der Waals surface area contributed by atoms with Crippen molar-refractivity contribution in [1.29, 1.82) is 0 Å². The summed E-state index contributed by atoms with van der Waals surface area (Å²) in [5.74, 6) is 0. The minimum atomic E-state index is 0.480. The van der Waals surface area contributed by atoms with Crippen molar-refractivity contribution in [3.63, 3.8) is 0 Å². The van der Waals surface area contributed by atoms with Crippen LogP contribution in [0.2, 0.25) is 5.02 Å². The highest BCUT2D eigenvalue weighted by Gasteiger charge is 2.18. The highest BCUT2D eigenvalue weighted by molar-refractivity contribution is 6.31. The van der Waals surface area contributed by atoms with Crippen LogP contribution in [0.25, 0.3) is 0 Å². The molecule has 2 N–H and O–H groups in total. The Labute approximate surface area is 70.9 Å². The summed E-state index contributed by atoms with van der Waals surface area (Å²) in [6, 6.07) is 0.480. The quantitative estimate of drug-likeness (QED) is 0.664. The molecule has 1 aliphatic heterocycles. The lowest BCUT2D eigenvalue weighted by Gasteiger charge is -2.07. The van der Waals surface area contributed by atoms with E-state index >= 15 is 0 Å². The molecule has 0 spiro atoms. The minimum absolute atomic E-state index is 0.480. The molecule has 2 nitrogen and oxygen atoms in total. The normalized spacial score (nSPS) is 24.3. The zero-order chi connectivity index (χ0) is 7.68. The van der Waals surface area contributed by atoms with Gasteiger partial charge in [-0.15, -0.1) is 0 Å². The van der Waals surface area contributed by atoms with Crippen LogP contribution in [0.4, 0.5) is 0 Å². The number of hydrogen-bond acceptors (Lipinski definition) is 1. The van der Waals surface area contributed by atoms with E-state index in [0.717, 1.165) is 11.6 Å². The predicted octanol–water partition coefficient (Wildman–Crippen LogP) is 2.09. The molecule has 1 fully saturated rings. The standard InChI is InChI=1S/C8H11ClN2/c9-7-5-10-4-6(7)8-2-1-3-11-8/h4-5,8,10-11H,1-3H2/t8-/m1/s1. The van der Waals surface area contributed by atoms with Crippen LogP contribution in [-0.2, 0) is 0 Å². The molecule has 0 aromatic carbocycles. The van der Waals surface area contributed by atoms with Crippen molar-refractivity contribution in [2.24, 2.45) is 0 Å². The van der Waals surface area contributed by atoms with E-state index in [2.05, 4.69) is 10.3 Å². The van der Waals surface area contributed by atoms with Crippen LogP contribution in [0.1, 0.15) is 24.4 Å². The predicted molar refractivity (Wildman–Crippen MR) is 45.8 cm³/mol. The van der Waals surface area contributed by atoms with Gasteiger partial charge in [0.2, 0.25) is 0 Å². The topological polar surface area (TPSA) is 27.8 Å². The van der Waals surface area contributed by atoms with Gasteiger partial charge in [-0.2, -0.15) is 0 Å². The molecule has 0 saturated carbocycles. The van der Waals surface area contributed by atoms with E-state index in [1.54, 1.807) is 0 Å². The fraction of sp³-hybridized carbons (Fsp3) is 0.500. The lowest BCUT2D eigenvalue weighted by molar-refractivity contribution is 0.649. The average molecular weight is 171 g/mol. The van der Waals surface area contributed by atoms with Crippen molar-refractivity contribution >= 4 is 11.6 Å². The second kappa shape index (κ2) is 2.88. The van der Waals surface area contributed by atoms with Crippen LogP contribution in [0.5, 0.6) is 0 Å². The van der Waals surface area contributed by atoms with Gasteiger partial charge in [-0.3, -0.25) is 0 Å². The fourth-order valence-electron chi connectivity index (χ4n) is 1.57. The molecule has 1 saturated heterocycles. The molecule has 0 bridgehead atoms. The molecule has 2 heterocycles. The fourth-order valence-corrected chi connectivity index (χ4v) is 1.82. The Morgan fingerprint density at radius 2 is 2.36 bits per heavy atom. The first-order valence-corrected chi connectivity index (χ1v) is 4.31. The number of aromatic nitrogens is 1. The first kappa shape index (κ1) is 7.19. The molecule has 1 atom stereocenters. The lowest BCUT2D eigenvalue weighted by Crippen LogP contribution is -2.12. The van der Waals surface area contributed by atoms with Crippen LogP contribution in [0.15, 0.2) is 12.4 Å². The zero-order valence-corrected chi connectivity index (χ0v) is 6.99. The Kier molecular flexibility index (Phi) is 1.88. The SMILES string of the molecule is Clc1c[nH]cc1[C@H]1CCCN1. The van der Waals surface area contributed by atoms with Gasteiger partial charge in [0.05, 0.1) is 5.02 Å². The molecular weight excluding hydrogens is 160 g/mol. The van der Waals surface area contributed by atoms with Crippen molar-refractivity contribution in [3.05, 3.63) is 23.0 Å². The number of H-pyrrole nitrogens is 1. The largest absolute Gasteiger partial charge is 0.366 e. The summed E-state index contributed by atoms with van der Waals surface area (Å²) in [6.07, 6.45) is 6.27. The minimum Gasteiger partial charge on any atom is -0.366 e. The summed E-state index contributed by atoms with van der Waals surface area (Å²) >= 11 is 5.95. The monoisotopic (exact) mass is 170 g/mol. The van der Waals surface area contributed by atoms with Crippen molar-refractivity contribution in [2.45, 2.75) is 18.9 Å². The number of hydrogen-bond donors (Lipinski definition) is 2. The van der Waals surface area contributed by atoms with E-state index in [9.17, 15) is 0 Å². The molecule has 11 heavy (non-hydrogen) atoms. The molecule has 0 aliphatic carbocycles. The van der Waals surface area contributed by atoms with Gasteiger partial charge in [-0.25, -0.2) is 0 Å². The molecule has 2 rings (SSSR count). The Bertz CT molecular complexity index is 238. The Morgan fingerprint density at radius 1 is 1.45 bits per heavy atom. The van der Waals surface area contributed by atoms with Crippen molar-refractivity contribution < 1.29 is 0 Å². The van der Waals surface area contributed by atoms with Crippen LogP contribution >= 0.6 is 11.6 Å². The molecule has 0 amide bonds. The van der Waals surface area contributed by atoms with Crippen LogP contribution in [0, 0.1) is 0 Å². The summed E-state index contributed by atoms with van der Waals surface area (Å²) in [5.41, 5.74) is 1.21. The third kappa shape index (κ3) is 1.28. The van der Waals surface area contributed by atoms with Gasteiger partial charge in [0, 0.05) is 24.0 Å². The number of halogens is 1. The molecule has 3 heteroatoms. The van der Waals surface area contributed by atoms with Crippen LogP contribution in [0.3, 0.4) is 0 Å². The second-order valence-electron chi connectivity index (χ2n) is 2.91. The Morgan fingerprint density at radius 3 is 2.91 bits per heavy atom. The van der Waals surface area contributed by atoms with E-state index in [1.807, 2.05) is 12.4 Å². The average Bonchev–Trinajstić information content (AvgIpc) is 2.55. The lowest BCUT2D eigenvalue weighted by atomic mass is 10.1. The Balaban J connectivity index is 2.21. The molecule has 0 unspecified atom stereocenters. The molecule has 1 aromatic rings. The number of aromatic amines is 1. The van der Waals surface area contributed by atoms with Gasteiger partial charge < -0.3 is 10.3 Å². The van der Waals surface area contributed by atoms with Crippen LogP contribution in [-0.4, -0.2) is 11.5 Å². The van der Waals surface area contributed by atoms with E-state index in [0.29, 0.717) is 6.04 Å². The summed E-state index contributed by atoms with van der Waals surface area (Å²) in [4.78, 5) is 3.00. The first-order chi connectivity index (χ1) is 5.38. The number of nitrogens with one attached hydrogen (secondary N) is 2. The summed E-state index contributed by atoms with van der Waals surface area (Å²) in [7, 11) is 0. The van der Waals surface area contributed by atoms with Gasteiger partial charge >= 0.3 is 0 Å². The molecule has 1 aliphatic rings. The highest BCUT2D eigenvalue weighted by atomic mass is 35.5.